The van der Waals surface area contributed by atoms with Crippen molar-refractivity contribution in [3.05, 3.63) is 88.2 Å². The van der Waals surface area contributed by atoms with Gasteiger partial charge in [0.1, 0.15) is 23.4 Å². The third-order valence-corrected chi connectivity index (χ3v) is 8.10. The number of phenolic OH excluding ortho intramolecular Hbond substituents is 2. The molecule has 2 saturated carbocycles. The standard InChI is InChI=1S/C32H36O6/c33-23-15-21(13-11-19-7-3-1-4-8-19)16-24(34)27(23)29-31(37)30(32(29)38)28-25(35)17-22(18-26(28)36)14-12-20-9-5-2-6-10-20/h1,3-4,7-8,11-16,20,22,25-26,31,33-38H,2,5-6,9-10,17-18H2/b13-11+,14-12+,30-28?. The molecule has 5 rings (SSSR count). The highest BCUT2D eigenvalue weighted by Gasteiger charge is 2.44. The van der Waals surface area contributed by atoms with E-state index in [4.69, 9.17) is 0 Å². The fourth-order valence-corrected chi connectivity index (χ4v) is 6.08. The lowest BCUT2D eigenvalue weighted by Gasteiger charge is -2.38. The second-order valence-electron chi connectivity index (χ2n) is 10.8. The minimum absolute atomic E-state index is 0.0127. The Morgan fingerprint density at radius 2 is 1.24 bits per heavy atom. The number of rotatable bonds is 5. The van der Waals surface area contributed by atoms with E-state index in [-0.39, 0.29) is 45.5 Å². The Kier molecular flexibility index (Phi) is 7.75. The lowest BCUT2D eigenvalue weighted by molar-refractivity contribution is 0.0759. The molecule has 3 unspecified atom stereocenters. The van der Waals surface area contributed by atoms with Crippen LogP contribution in [-0.2, 0) is 0 Å². The Morgan fingerprint density at radius 1 is 0.658 bits per heavy atom. The first-order valence-corrected chi connectivity index (χ1v) is 13.5. The van der Waals surface area contributed by atoms with Gasteiger partial charge in [-0.05, 0) is 66.4 Å². The van der Waals surface area contributed by atoms with Gasteiger partial charge in [0.15, 0.2) is 0 Å². The third-order valence-electron chi connectivity index (χ3n) is 8.10. The van der Waals surface area contributed by atoms with Gasteiger partial charge in [0.25, 0.3) is 0 Å². The van der Waals surface area contributed by atoms with E-state index in [0.717, 1.165) is 5.56 Å². The maximum atomic E-state index is 10.9. The maximum Gasteiger partial charge on any atom is 0.128 e. The Labute approximate surface area is 223 Å². The normalized spacial score (nSPS) is 26.9. The monoisotopic (exact) mass is 516 g/mol. The molecule has 3 aliphatic carbocycles. The zero-order valence-electron chi connectivity index (χ0n) is 21.4. The molecule has 0 aromatic heterocycles. The highest BCUT2D eigenvalue weighted by molar-refractivity contribution is 5.91. The summed E-state index contributed by atoms with van der Waals surface area (Å²) in [5.74, 6) is -0.347. The van der Waals surface area contributed by atoms with Crippen LogP contribution in [-0.4, -0.2) is 49.0 Å². The largest absolute Gasteiger partial charge is 0.507 e. The van der Waals surface area contributed by atoms with Crippen LogP contribution in [0, 0.1) is 11.8 Å². The number of hydrogen-bond acceptors (Lipinski definition) is 6. The zero-order valence-corrected chi connectivity index (χ0v) is 21.4. The lowest BCUT2D eigenvalue weighted by atomic mass is 9.72. The number of hydrogen-bond donors (Lipinski definition) is 6. The SMILES string of the molecule is OC1=C(c2c(O)cc(/C=C/c3ccccc3)cc2O)C(O)C1=C1C(O)CC(/C=C/C2CCCCC2)CC1O. The van der Waals surface area contributed by atoms with Gasteiger partial charge >= 0.3 is 0 Å². The van der Waals surface area contributed by atoms with Crippen LogP contribution in [0.15, 0.2) is 71.5 Å². The second kappa shape index (κ2) is 11.2. The van der Waals surface area contributed by atoms with Crippen molar-refractivity contribution in [2.45, 2.75) is 63.3 Å². The molecule has 2 fully saturated rings. The van der Waals surface area contributed by atoms with Gasteiger partial charge in [-0.15, -0.1) is 0 Å². The number of aliphatic hydroxyl groups excluding tert-OH is 4. The van der Waals surface area contributed by atoms with Crippen molar-refractivity contribution >= 4 is 17.7 Å². The average molecular weight is 517 g/mol. The summed E-state index contributed by atoms with van der Waals surface area (Å²) in [5, 5.41) is 64.9. The summed E-state index contributed by atoms with van der Waals surface area (Å²) in [6.07, 6.45) is 11.5. The minimum atomic E-state index is -1.36. The molecule has 2 aromatic carbocycles. The smallest absolute Gasteiger partial charge is 0.128 e. The van der Waals surface area contributed by atoms with Crippen molar-refractivity contribution in [3.63, 3.8) is 0 Å². The maximum absolute atomic E-state index is 10.9. The Balaban J connectivity index is 1.36. The molecule has 6 nitrogen and oxygen atoms in total. The van der Waals surface area contributed by atoms with Gasteiger partial charge in [-0.2, -0.15) is 0 Å². The second-order valence-corrected chi connectivity index (χ2v) is 10.8. The molecule has 0 aliphatic heterocycles. The quantitative estimate of drug-likeness (QED) is 0.231. The summed E-state index contributed by atoms with van der Waals surface area (Å²) in [5.41, 5.74) is 1.69. The van der Waals surface area contributed by atoms with Crippen LogP contribution in [0.3, 0.4) is 0 Å². The first-order chi connectivity index (χ1) is 18.3. The van der Waals surface area contributed by atoms with Crippen LogP contribution in [0.1, 0.15) is 61.6 Å². The molecule has 200 valence electrons. The number of allylic oxidation sites excluding steroid dienone is 2. The first kappa shape index (κ1) is 26.3. The molecule has 0 saturated heterocycles. The Morgan fingerprint density at radius 3 is 1.84 bits per heavy atom. The van der Waals surface area contributed by atoms with E-state index in [1.807, 2.05) is 36.4 Å². The Bertz CT molecular complexity index is 1250. The predicted molar refractivity (Wildman–Crippen MR) is 148 cm³/mol. The minimum Gasteiger partial charge on any atom is -0.507 e. The van der Waals surface area contributed by atoms with Crippen LogP contribution < -0.4 is 0 Å². The summed E-state index contributed by atoms with van der Waals surface area (Å²) in [6, 6.07) is 12.5. The molecule has 0 bridgehead atoms. The fourth-order valence-electron chi connectivity index (χ4n) is 6.08. The van der Waals surface area contributed by atoms with Crippen molar-refractivity contribution in [1.82, 2.24) is 0 Å². The Hall–Kier alpha value is -3.32. The molecule has 2 aromatic rings. The van der Waals surface area contributed by atoms with Gasteiger partial charge in [0.2, 0.25) is 0 Å². The van der Waals surface area contributed by atoms with Crippen LogP contribution in [0.2, 0.25) is 0 Å². The lowest BCUT2D eigenvalue weighted by Crippen LogP contribution is -2.39. The van der Waals surface area contributed by atoms with Gasteiger partial charge in [0.05, 0.1) is 17.8 Å². The summed E-state index contributed by atoms with van der Waals surface area (Å²) >= 11 is 0. The molecule has 6 heteroatoms. The molecular weight excluding hydrogens is 480 g/mol. The van der Waals surface area contributed by atoms with Gasteiger partial charge in [-0.1, -0.05) is 73.9 Å². The van der Waals surface area contributed by atoms with E-state index in [2.05, 4.69) is 12.2 Å². The van der Waals surface area contributed by atoms with Crippen LogP contribution in [0.25, 0.3) is 17.7 Å². The van der Waals surface area contributed by atoms with E-state index in [1.54, 1.807) is 6.08 Å². The van der Waals surface area contributed by atoms with E-state index in [1.165, 1.54) is 44.2 Å². The van der Waals surface area contributed by atoms with Gasteiger partial charge in [0, 0.05) is 11.1 Å². The number of phenols is 2. The summed E-state index contributed by atoms with van der Waals surface area (Å²) in [7, 11) is 0. The number of aliphatic hydroxyl groups is 4. The van der Waals surface area contributed by atoms with Crippen molar-refractivity contribution in [3.8, 4) is 11.5 Å². The van der Waals surface area contributed by atoms with E-state index in [0.29, 0.717) is 24.3 Å². The highest BCUT2D eigenvalue weighted by atomic mass is 16.3. The molecule has 6 N–H and O–H groups in total. The number of aromatic hydroxyl groups is 2. The van der Waals surface area contributed by atoms with Gasteiger partial charge in [-0.3, -0.25) is 0 Å². The van der Waals surface area contributed by atoms with Crippen LogP contribution >= 0.6 is 0 Å². The molecule has 0 radical (unpaired) electrons. The topological polar surface area (TPSA) is 121 Å². The van der Waals surface area contributed by atoms with Gasteiger partial charge in [-0.25, -0.2) is 0 Å². The molecule has 3 aliphatic rings. The van der Waals surface area contributed by atoms with Crippen molar-refractivity contribution in [2.75, 3.05) is 0 Å². The fraction of sp³-hybridized carbons (Fsp3) is 0.375. The molecular formula is C32H36O6. The van der Waals surface area contributed by atoms with E-state index >= 15 is 0 Å². The summed E-state index contributed by atoms with van der Waals surface area (Å²) < 4.78 is 0. The highest BCUT2D eigenvalue weighted by Crippen LogP contribution is 2.50. The van der Waals surface area contributed by atoms with E-state index < -0.39 is 18.3 Å². The third kappa shape index (κ3) is 5.30. The van der Waals surface area contributed by atoms with Gasteiger partial charge < -0.3 is 30.6 Å². The summed E-state index contributed by atoms with van der Waals surface area (Å²) in [6.45, 7) is 0. The molecule has 3 atom stereocenters. The van der Waals surface area contributed by atoms with Crippen LogP contribution in [0.4, 0.5) is 0 Å². The summed E-state index contributed by atoms with van der Waals surface area (Å²) in [4.78, 5) is 0. The molecule has 0 heterocycles. The zero-order chi connectivity index (χ0) is 26.8. The van der Waals surface area contributed by atoms with Crippen LogP contribution in [0.5, 0.6) is 11.5 Å². The van der Waals surface area contributed by atoms with Crippen molar-refractivity contribution < 1.29 is 30.6 Å². The molecule has 38 heavy (non-hydrogen) atoms. The molecule has 0 spiro atoms. The van der Waals surface area contributed by atoms with E-state index in [9.17, 15) is 30.6 Å². The molecule has 0 amide bonds. The number of benzene rings is 2. The predicted octanol–water partition coefficient (Wildman–Crippen LogP) is 5.48. The first-order valence-electron chi connectivity index (χ1n) is 13.5. The van der Waals surface area contributed by atoms with Crippen molar-refractivity contribution in [1.29, 1.82) is 0 Å². The average Bonchev–Trinajstić information content (AvgIpc) is 2.91. The van der Waals surface area contributed by atoms with Crippen molar-refractivity contribution in [2.24, 2.45) is 11.8 Å².